The Labute approximate surface area is 108 Å². The average Bonchev–Trinajstić information content (AvgIpc) is 2.27. The second-order valence-corrected chi connectivity index (χ2v) is 4.34. The fourth-order valence-corrected chi connectivity index (χ4v) is 1.69. The van der Waals surface area contributed by atoms with E-state index >= 15 is 0 Å². The number of aliphatic hydroxyl groups excluding tert-OH is 1. The molecule has 1 aromatic rings. The second kappa shape index (κ2) is 6.46. The summed E-state index contributed by atoms with van der Waals surface area (Å²) in [6.07, 6.45) is -1.19. The van der Waals surface area contributed by atoms with Crippen LogP contribution in [0.3, 0.4) is 0 Å². The Morgan fingerprint density at radius 3 is 2.88 bits per heavy atom. The molecule has 0 spiro atoms. The van der Waals surface area contributed by atoms with E-state index in [-0.39, 0.29) is 13.0 Å². The van der Waals surface area contributed by atoms with Crippen molar-refractivity contribution in [1.29, 1.82) is 0 Å². The van der Waals surface area contributed by atoms with Crippen molar-refractivity contribution in [2.24, 2.45) is 0 Å². The first-order valence-electron chi connectivity index (χ1n) is 5.00. The molecule has 0 fully saturated rings. The number of rotatable bonds is 6. The fraction of sp³-hybridized carbons (Fsp3) is 0.364. The average molecular weight is 304 g/mol. The maximum atomic E-state index is 10.4. The standard InChI is InChI=1S/C11H14BrNO4/c1-17-10-4-7(2-3-9(10)12)13-6-8(14)5-11(15)16/h2-4,8,13-14H,5-6H2,1H3,(H,15,16). The predicted molar refractivity (Wildman–Crippen MR) is 67.4 cm³/mol. The predicted octanol–water partition coefficient (Wildman–Crippen LogP) is 1.71. The van der Waals surface area contributed by atoms with Crippen LogP contribution >= 0.6 is 15.9 Å². The van der Waals surface area contributed by atoms with Gasteiger partial charge in [-0.2, -0.15) is 0 Å². The number of carboxylic acids is 1. The van der Waals surface area contributed by atoms with E-state index in [2.05, 4.69) is 21.2 Å². The molecule has 1 atom stereocenters. The molecule has 0 amide bonds. The molecule has 1 aromatic carbocycles. The molecule has 17 heavy (non-hydrogen) atoms. The maximum absolute atomic E-state index is 10.4. The molecule has 5 nitrogen and oxygen atoms in total. The molecular formula is C11H14BrNO4. The zero-order chi connectivity index (χ0) is 12.8. The molecule has 94 valence electrons. The number of ether oxygens (including phenoxy) is 1. The summed E-state index contributed by atoms with van der Waals surface area (Å²) in [6.45, 7) is 0.178. The van der Waals surface area contributed by atoms with Gasteiger partial charge in [-0.25, -0.2) is 0 Å². The summed E-state index contributed by atoms with van der Waals surface area (Å²) < 4.78 is 5.94. The minimum atomic E-state index is -1.02. The lowest BCUT2D eigenvalue weighted by Crippen LogP contribution is -2.22. The van der Waals surface area contributed by atoms with Gasteiger partial charge in [0.2, 0.25) is 0 Å². The first kappa shape index (κ1) is 13.8. The number of hydrogen-bond donors (Lipinski definition) is 3. The monoisotopic (exact) mass is 303 g/mol. The molecule has 0 aliphatic rings. The molecule has 1 rings (SSSR count). The number of hydrogen-bond acceptors (Lipinski definition) is 4. The molecule has 0 radical (unpaired) electrons. The Bertz CT molecular complexity index is 397. The summed E-state index contributed by atoms with van der Waals surface area (Å²) in [4.78, 5) is 10.4. The van der Waals surface area contributed by atoms with Crippen molar-refractivity contribution < 1.29 is 19.7 Å². The van der Waals surface area contributed by atoms with Gasteiger partial charge in [0, 0.05) is 18.3 Å². The van der Waals surface area contributed by atoms with Crippen molar-refractivity contribution in [3.05, 3.63) is 22.7 Å². The molecule has 0 aromatic heterocycles. The molecule has 3 N–H and O–H groups in total. The van der Waals surface area contributed by atoms with Crippen molar-refractivity contribution in [3.8, 4) is 5.75 Å². The minimum absolute atomic E-state index is 0.178. The third kappa shape index (κ3) is 4.62. The van der Waals surface area contributed by atoms with Crippen molar-refractivity contribution in [2.45, 2.75) is 12.5 Å². The molecule has 0 bridgehead atoms. The lowest BCUT2D eigenvalue weighted by atomic mass is 10.2. The molecule has 6 heteroatoms. The van der Waals surface area contributed by atoms with Crippen molar-refractivity contribution >= 4 is 27.6 Å². The summed E-state index contributed by atoms with van der Waals surface area (Å²) in [5, 5.41) is 20.8. The smallest absolute Gasteiger partial charge is 0.306 e. The Hall–Kier alpha value is -1.27. The summed E-state index contributed by atoms with van der Waals surface area (Å²) in [6, 6.07) is 5.38. The Kier molecular flexibility index (Phi) is 5.24. The highest BCUT2D eigenvalue weighted by atomic mass is 79.9. The fourth-order valence-electron chi connectivity index (χ4n) is 1.28. The van der Waals surface area contributed by atoms with Gasteiger partial charge in [0.15, 0.2) is 0 Å². The summed E-state index contributed by atoms with van der Waals surface area (Å²) in [7, 11) is 1.56. The van der Waals surface area contributed by atoms with Gasteiger partial charge in [-0.1, -0.05) is 0 Å². The molecule has 0 saturated heterocycles. The summed E-state index contributed by atoms with van der Waals surface area (Å²) >= 11 is 3.32. The highest BCUT2D eigenvalue weighted by Crippen LogP contribution is 2.27. The van der Waals surface area contributed by atoms with Gasteiger partial charge >= 0.3 is 5.97 Å². The number of anilines is 1. The zero-order valence-corrected chi connectivity index (χ0v) is 10.9. The number of carboxylic acid groups (broad SMARTS) is 1. The summed E-state index contributed by atoms with van der Waals surface area (Å²) in [5.41, 5.74) is 0.759. The van der Waals surface area contributed by atoms with Gasteiger partial charge in [0.25, 0.3) is 0 Å². The van der Waals surface area contributed by atoms with Crippen LogP contribution in [0.15, 0.2) is 22.7 Å². The van der Waals surface area contributed by atoms with Gasteiger partial charge in [-0.3, -0.25) is 4.79 Å². The van der Waals surface area contributed by atoms with Crippen LogP contribution in [0.4, 0.5) is 5.69 Å². The van der Waals surface area contributed by atoms with Crippen LogP contribution in [0.1, 0.15) is 6.42 Å². The molecule has 0 aliphatic heterocycles. The SMILES string of the molecule is COc1cc(NCC(O)CC(=O)O)ccc1Br. The van der Waals surface area contributed by atoms with Gasteiger partial charge < -0.3 is 20.3 Å². The van der Waals surface area contributed by atoms with Gasteiger partial charge in [0.1, 0.15) is 5.75 Å². The van der Waals surface area contributed by atoms with Crippen LogP contribution in [0.5, 0.6) is 5.75 Å². The number of aliphatic hydroxyl groups is 1. The van der Waals surface area contributed by atoms with E-state index in [9.17, 15) is 9.90 Å². The van der Waals surface area contributed by atoms with E-state index in [1.807, 2.05) is 6.07 Å². The quantitative estimate of drug-likeness (QED) is 0.745. The number of halogens is 1. The van der Waals surface area contributed by atoms with Gasteiger partial charge in [-0.05, 0) is 28.1 Å². The van der Waals surface area contributed by atoms with E-state index in [0.29, 0.717) is 5.75 Å². The highest BCUT2D eigenvalue weighted by Gasteiger charge is 2.09. The van der Waals surface area contributed by atoms with Crippen molar-refractivity contribution in [2.75, 3.05) is 19.0 Å². The van der Waals surface area contributed by atoms with Crippen LogP contribution in [0.25, 0.3) is 0 Å². The molecule has 0 saturated carbocycles. The largest absolute Gasteiger partial charge is 0.495 e. The van der Waals surface area contributed by atoms with Crippen LogP contribution < -0.4 is 10.1 Å². The Morgan fingerprint density at radius 2 is 2.29 bits per heavy atom. The third-order valence-corrected chi connectivity index (χ3v) is 2.76. The lowest BCUT2D eigenvalue weighted by molar-refractivity contribution is -0.138. The second-order valence-electron chi connectivity index (χ2n) is 3.48. The number of aliphatic carboxylic acids is 1. The first-order valence-corrected chi connectivity index (χ1v) is 5.79. The van der Waals surface area contributed by atoms with Crippen LogP contribution in [0, 0.1) is 0 Å². The maximum Gasteiger partial charge on any atom is 0.306 e. The normalized spacial score (nSPS) is 11.9. The van der Waals surface area contributed by atoms with Crippen LogP contribution in [-0.2, 0) is 4.79 Å². The van der Waals surface area contributed by atoms with Crippen LogP contribution in [0.2, 0.25) is 0 Å². The van der Waals surface area contributed by atoms with Crippen LogP contribution in [-0.4, -0.2) is 35.9 Å². The topological polar surface area (TPSA) is 78.8 Å². The lowest BCUT2D eigenvalue weighted by Gasteiger charge is -2.12. The number of methoxy groups -OCH3 is 1. The van der Waals surface area contributed by atoms with E-state index < -0.39 is 12.1 Å². The van der Waals surface area contributed by atoms with E-state index in [1.165, 1.54) is 0 Å². The Morgan fingerprint density at radius 1 is 1.59 bits per heavy atom. The highest BCUT2D eigenvalue weighted by molar-refractivity contribution is 9.10. The third-order valence-electron chi connectivity index (χ3n) is 2.10. The van der Waals surface area contributed by atoms with Crippen molar-refractivity contribution in [3.63, 3.8) is 0 Å². The summed E-state index contributed by atoms with van der Waals surface area (Å²) in [5.74, 6) is -0.351. The van der Waals surface area contributed by atoms with Gasteiger partial charge in [0.05, 0.1) is 24.1 Å². The zero-order valence-electron chi connectivity index (χ0n) is 9.31. The Balaban J connectivity index is 2.54. The molecule has 0 heterocycles. The number of nitrogens with one attached hydrogen (secondary N) is 1. The van der Waals surface area contributed by atoms with Gasteiger partial charge in [-0.15, -0.1) is 0 Å². The van der Waals surface area contributed by atoms with E-state index in [4.69, 9.17) is 9.84 Å². The van der Waals surface area contributed by atoms with E-state index in [1.54, 1.807) is 19.2 Å². The van der Waals surface area contributed by atoms with E-state index in [0.717, 1.165) is 10.2 Å². The molecule has 0 aliphatic carbocycles. The number of carbonyl (C=O) groups is 1. The number of benzene rings is 1. The minimum Gasteiger partial charge on any atom is -0.495 e. The van der Waals surface area contributed by atoms with Crippen molar-refractivity contribution in [1.82, 2.24) is 0 Å². The molecule has 1 unspecified atom stereocenters. The molecular weight excluding hydrogens is 290 g/mol. The first-order chi connectivity index (χ1) is 8.02.